The van der Waals surface area contributed by atoms with Crippen LogP contribution in [0.5, 0.6) is 0 Å². The van der Waals surface area contributed by atoms with Crippen molar-refractivity contribution in [1.82, 2.24) is 10.2 Å². The second-order valence-electron chi connectivity index (χ2n) is 3.58. The van der Waals surface area contributed by atoms with Gasteiger partial charge in [0, 0.05) is 5.92 Å². The zero-order valence-electron chi connectivity index (χ0n) is 8.57. The fraction of sp³-hybridized carbons (Fsp3) is 0.273. The number of hydrogen-bond donors (Lipinski definition) is 0. The van der Waals surface area contributed by atoms with Crippen LogP contribution in [-0.2, 0) is 0 Å². The molecule has 0 aliphatic heterocycles. The zero-order chi connectivity index (χ0) is 10.8. The first-order valence-corrected chi connectivity index (χ1v) is 5.14. The van der Waals surface area contributed by atoms with E-state index in [4.69, 9.17) is 16.0 Å². The molecule has 1 heterocycles. The molecule has 0 fully saturated rings. The van der Waals surface area contributed by atoms with Gasteiger partial charge in [0.25, 0.3) is 0 Å². The van der Waals surface area contributed by atoms with E-state index in [0.717, 1.165) is 5.56 Å². The lowest BCUT2D eigenvalue weighted by atomic mass is 10.2. The molecule has 0 aliphatic rings. The molecule has 78 valence electrons. The van der Waals surface area contributed by atoms with Gasteiger partial charge in [-0.3, -0.25) is 0 Å². The topological polar surface area (TPSA) is 38.9 Å². The largest absolute Gasteiger partial charge is 0.420 e. The maximum atomic E-state index is 6.02. The van der Waals surface area contributed by atoms with E-state index in [1.807, 2.05) is 32.0 Å². The van der Waals surface area contributed by atoms with E-state index in [1.165, 1.54) is 0 Å². The van der Waals surface area contributed by atoms with Gasteiger partial charge in [-0.15, -0.1) is 10.2 Å². The Hall–Kier alpha value is -1.35. The summed E-state index contributed by atoms with van der Waals surface area (Å²) in [7, 11) is 0. The molecule has 1 aromatic carbocycles. The van der Waals surface area contributed by atoms with Crippen LogP contribution in [0.2, 0.25) is 5.02 Å². The predicted octanol–water partition coefficient (Wildman–Crippen LogP) is 3.51. The van der Waals surface area contributed by atoms with Gasteiger partial charge in [0.2, 0.25) is 11.8 Å². The van der Waals surface area contributed by atoms with Crippen molar-refractivity contribution in [2.45, 2.75) is 19.8 Å². The monoisotopic (exact) mass is 222 g/mol. The average Bonchev–Trinajstić information content (AvgIpc) is 2.67. The lowest BCUT2D eigenvalue weighted by molar-refractivity contribution is 0.481. The normalized spacial score (nSPS) is 10.9. The van der Waals surface area contributed by atoms with Gasteiger partial charge in [-0.25, -0.2) is 0 Å². The molecule has 0 spiro atoms. The van der Waals surface area contributed by atoms with Crippen molar-refractivity contribution in [2.24, 2.45) is 0 Å². The molecule has 0 bridgehead atoms. The summed E-state index contributed by atoms with van der Waals surface area (Å²) in [6.07, 6.45) is 0. The molecule has 2 rings (SSSR count). The summed E-state index contributed by atoms with van der Waals surface area (Å²) in [6.45, 7) is 4.01. The van der Waals surface area contributed by atoms with Gasteiger partial charge in [0.15, 0.2) is 0 Å². The first-order valence-electron chi connectivity index (χ1n) is 4.77. The second-order valence-corrected chi connectivity index (χ2v) is 3.99. The van der Waals surface area contributed by atoms with Crippen molar-refractivity contribution in [3.05, 3.63) is 35.2 Å². The highest BCUT2D eigenvalue weighted by atomic mass is 35.5. The highest BCUT2D eigenvalue weighted by Crippen LogP contribution is 2.27. The molecule has 0 aliphatic carbocycles. The predicted molar refractivity (Wildman–Crippen MR) is 58.8 cm³/mol. The van der Waals surface area contributed by atoms with Gasteiger partial charge in [-0.05, 0) is 12.1 Å². The van der Waals surface area contributed by atoms with Gasteiger partial charge >= 0.3 is 0 Å². The molecule has 0 N–H and O–H groups in total. The van der Waals surface area contributed by atoms with Crippen LogP contribution in [0, 0.1) is 0 Å². The molecule has 0 saturated carbocycles. The van der Waals surface area contributed by atoms with E-state index in [-0.39, 0.29) is 5.92 Å². The van der Waals surface area contributed by atoms with Crippen molar-refractivity contribution in [3.63, 3.8) is 0 Å². The van der Waals surface area contributed by atoms with E-state index in [1.54, 1.807) is 6.07 Å². The first kappa shape index (κ1) is 10.2. The lowest BCUT2D eigenvalue weighted by Gasteiger charge is -1.97. The number of rotatable bonds is 2. The molecule has 15 heavy (non-hydrogen) atoms. The molecule has 4 heteroatoms. The molecule has 0 atom stereocenters. The standard InChI is InChI=1S/C11H11ClN2O/c1-7(2)10-13-14-11(15-10)8-5-3-4-6-9(8)12/h3-7H,1-2H3. The van der Waals surface area contributed by atoms with E-state index < -0.39 is 0 Å². The van der Waals surface area contributed by atoms with Crippen LogP contribution in [0.1, 0.15) is 25.7 Å². The molecular weight excluding hydrogens is 212 g/mol. The van der Waals surface area contributed by atoms with Crippen LogP contribution in [0.3, 0.4) is 0 Å². The minimum atomic E-state index is 0.230. The first-order chi connectivity index (χ1) is 7.18. The SMILES string of the molecule is CC(C)c1nnc(-c2ccccc2Cl)o1. The second kappa shape index (κ2) is 4.03. The molecule has 1 aromatic heterocycles. The highest BCUT2D eigenvalue weighted by molar-refractivity contribution is 6.33. The number of aromatic nitrogens is 2. The quantitative estimate of drug-likeness (QED) is 0.781. The molecule has 2 aromatic rings. The fourth-order valence-electron chi connectivity index (χ4n) is 1.21. The van der Waals surface area contributed by atoms with Gasteiger partial charge < -0.3 is 4.42 Å². The maximum Gasteiger partial charge on any atom is 0.249 e. The number of nitrogens with zero attached hydrogens (tertiary/aromatic N) is 2. The van der Waals surface area contributed by atoms with Crippen molar-refractivity contribution < 1.29 is 4.42 Å². The van der Waals surface area contributed by atoms with Crippen LogP contribution in [-0.4, -0.2) is 10.2 Å². The van der Waals surface area contributed by atoms with Crippen molar-refractivity contribution in [1.29, 1.82) is 0 Å². The van der Waals surface area contributed by atoms with Crippen LogP contribution < -0.4 is 0 Å². The summed E-state index contributed by atoms with van der Waals surface area (Å²) in [5, 5.41) is 8.55. The van der Waals surface area contributed by atoms with E-state index in [9.17, 15) is 0 Å². The van der Waals surface area contributed by atoms with Crippen LogP contribution in [0.4, 0.5) is 0 Å². The Bertz CT molecular complexity index is 465. The Kier molecular flexibility index (Phi) is 2.73. The Morgan fingerprint density at radius 2 is 1.93 bits per heavy atom. The van der Waals surface area contributed by atoms with E-state index >= 15 is 0 Å². The summed E-state index contributed by atoms with van der Waals surface area (Å²) < 4.78 is 5.51. The van der Waals surface area contributed by atoms with Crippen LogP contribution in [0.25, 0.3) is 11.5 Å². The number of benzene rings is 1. The van der Waals surface area contributed by atoms with Crippen molar-refractivity contribution in [3.8, 4) is 11.5 Å². The van der Waals surface area contributed by atoms with Gasteiger partial charge in [0.05, 0.1) is 10.6 Å². The van der Waals surface area contributed by atoms with Gasteiger partial charge in [-0.2, -0.15) is 0 Å². The zero-order valence-corrected chi connectivity index (χ0v) is 9.32. The molecule has 0 saturated heterocycles. The Morgan fingerprint density at radius 1 is 1.20 bits per heavy atom. The Balaban J connectivity index is 2.42. The number of halogens is 1. The van der Waals surface area contributed by atoms with Crippen LogP contribution >= 0.6 is 11.6 Å². The highest BCUT2D eigenvalue weighted by Gasteiger charge is 2.12. The third-order valence-electron chi connectivity index (χ3n) is 2.04. The average molecular weight is 223 g/mol. The Labute approximate surface area is 93.1 Å². The summed E-state index contributed by atoms with van der Waals surface area (Å²) in [4.78, 5) is 0. The third-order valence-corrected chi connectivity index (χ3v) is 2.37. The molecule has 3 nitrogen and oxygen atoms in total. The van der Waals surface area contributed by atoms with E-state index in [0.29, 0.717) is 16.8 Å². The summed E-state index contributed by atoms with van der Waals surface area (Å²) in [5.74, 6) is 1.34. The molecule has 0 radical (unpaired) electrons. The number of hydrogen-bond acceptors (Lipinski definition) is 3. The summed E-state index contributed by atoms with van der Waals surface area (Å²) in [5.41, 5.74) is 0.776. The molecule has 0 unspecified atom stereocenters. The Morgan fingerprint density at radius 3 is 2.53 bits per heavy atom. The van der Waals surface area contributed by atoms with E-state index in [2.05, 4.69) is 10.2 Å². The third kappa shape index (κ3) is 2.02. The van der Waals surface area contributed by atoms with Gasteiger partial charge in [0.1, 0.15) is 0 Å². The van der Waals surface area contributed by atoms with Crippen LogP contribution in [0.15, 0.2) is 28.7 Å². The fourth-order valence-corrected chi connectivity index (χ4v) is 1.43. The summed E-state index contributed by atoms with van der Waals surface area (Å²) in [6, 6.07) is 7.42. The molecule has 0 amide bonds. The van der Waals surface area contributed by atoms with Gasteiger partial charge in [-0.1, -0.05) is 37.6 Å². The summed E-state index contributed by atoms with van der Waals surface area (Å²) >= 11 is 6.02. The van der Waals surface area contributed by atoms with Crippen molar-refractivity contribution >= 4 is 11.6 Å². The lowest BCUT2D eigenvalue weighted by Crippen LogP contribution is -1.85. The smallest absolute Gasteiger partial charge is 0.249 e. The van der Waals surface area contributed by atoms with Crippen molar-refractivity contribution in [2.75, 3.05) is 0 Å². The maximum absolute atomic E-state index is 6.02. The minimum Gasteiger partial charge on any atom is -0.420 e. The minimum absolute atomic E-state index is 0.230. The molecular formula is C11H11ClN2O.